The van der Waals surface area contributed by atoms with E-state index >= 15 is 0 Å². The van der Waals surface area contributed by atoms with Gasteiger partial charge in [-0.15, -0.1) is 0 Å². The highest BCUT2D eigenvalue weighted by Crippen LogP contribution is 2.05. The van der Waals surface area contributed by atoms with Gasteiger partial charge in [0.1, 0.15) is 11.7 Å². The molecule has 1 atom stereocenters. The van der Waals surface area contributed by atoms with Crippen LogP contribution in [-0.4, -0.2) is 33.8 Å². The van der Waals surface area contributed by atoms with Crippen LogP contribution in [-0.2, 0) is 4.79 Å². The number of hydrogen-bond acceptors (Lipinski definition) is 3. The summed E-state index contributed by atoms with van der Waals surface area (Å²) < 4.78 is 1.23. The van der Waals surface area contributed by atoms with Crippen LogP contribution in [0.25, 0.3) is 0 Å². The molecular formula is C8H11N3O3. The number of aromatic nitrogens is 2. The Morgan fingerprint density at radius 2 is 2.29 bits per heavy atom. The fourth-order valence-corrected chi connectivity index (χ4v) is 0.916. The molecular weight excluding hydrogens is 186 g/mol. The summed E-state index contributed by atoms with van der Waals surface area (Å²) >= 11 is 0. The Bertz CT molecular complexity index is 358. The predicted molar refractivity (Wildman–Crippen MR) is 48.0 cm³/mol. The molecule has 0 aromatic carbocycles. The Labute approximate surface area is 80.5 Å². The van der Waals surface area contributed by atoms with Crippen molar-refractivity contribution in [2.24, 2.45) is 0 Å². The number of carbonyl (C=O) groups is 2. The van der Waals surface area contributed by atoms with Crippen LogP contribution in [0, 0.1) is 0 Å². The number of carbonyl (C=O) groups excluding carboxylic acids is 1. The number of nitrogens with one attached hydrogen (secondary N) is 1. The average molecular weight is 197 g/mol. The summed E-state index contributed by atoms with van der Waals surface area (Å²) in [5, 5.41) is 14.9. The third kappa shape index (κ3) is 1.90. The fraction of sp³-hybridized carbons (Fsp3) is 0.375. The van der Waals surface area contributed by atoms with Crippen LogP contribution in [0.1, 0.15) is 23.5 Å². The van der Waals surface area contributed by atoms with Crippen molar-refractivity contribution in [1.82, 2.24) is 15.1 Å². The standard InChI is InChI=1S/C8H11N3O3/c1-5(8(13)14)11-4-3-6(10-11)7(12)9-2/h3-5H,1-2H3,(H,9,12)(H,13,14)/t5-/m1/s1. The lowest BCUT2D eigenvalue weighted by Gasteiger charge is -2.05. The Balaban J connectivity index is 2.88. The van der Waals surface area contributed by atoms with Crippen LogP contribution in [0.5, 0.6) is 0 Å². The van der Waals surface area contributed by atoms with Crippen LogP contribution in [0.2, 0.25) is 0 Å². The summed E-state index contributed by atoms with van der Waals surface area (Å²) in [4.78, 5) is 21.7. The third-order valence-electron chi connectivity index (χ3n) is 1.82. The van der Waals surface area contributed by atoms with Crippen LogP contribution in [0.15, 0.2) is 12.3 Å². The molecule has 1 rings (SSSR count). The summed E-state index contributed by atoms with van der Waals surface area (Å²) in [6.07, 6.45) is 1.46. The van der Waals surface area contributed by atoms with E-state index in [2.05, 4.69) is 10.4 Å². The maximum absolute atomic E-state index is 11.1. The number of nitrogens with zero attached hydrogens (tertiary/aromatic N) is 2. The van der Waals surface area contributed by atoms with E-state index in [1.54, 1.807) is 0 Å². The van der Waals surface area contributed by atoms with Gasteiger partial charge < -0.3 is 10.4 Å². The van der Waals surface area contributed by atoms with E-state index in [-0.39, 0.29) is 11.6 Å². The van der Waals surface area contributed by atoms with E-state index in [9.17, 15) is 9.59 Å². The zero-order chi connectivity index (χ0) is 10.7. The van der Waals surface area contributed by atoms with Gasteiger partial charge in [0.2, 0.25) is 0 Å². The normalized spacial score (nSPS) is 12.1. The largest absolute Gasteiger partial charge is 0.480 e. The average Bonchev–Trinajstić information content (AvgIpc) is 2.64. The van der Waals surface area contributed by atoms with Crippen LogP contribution < -0.4 is 5.32 Å². The molecule has 0 saturated heterocycles. The van der Waals surface area contributed by atoms with Crippen LogP contribution in [0.4, 0.5) is 0 Å². The highest BCUT2D eigenvalue weighted by molar-refractivity contribution is 5.91. The summed E-state index contributed by atoms with van der Waals surface area (Å²) in [5.41, 5.74) is 0.209. The van der Waals surface area contributed by atoms with Crippen molar-refractivity contribution in [3.8, 4) is 0 Å². The minimum Gasteiger partial charge on any atom is -0.480 e. The predicted octanol–water partition coefficient (Wildman–Crippen LogP) is -0.112. The van der Waals surface area contributed by atoms with Gasteiger partial charge in [0.25, 0.3) is 5.91 Å². The molecule has 1 aromatic heterocycles. The first-order chi connectivity index (χ1) is 6.56. The second kappa shape index (κ2) is 3.91. The number of carboxylic acid groups (broad SMARTS) is 1. The molecule has 0 radical (unpaired) electrons. The first kappa shape index (κ1) is 10.2. The number of rotatable bonds is 3. The summed E-state index contributed by atoms with van der Waals surface area (Å²) in [7, 11) is 1.49. The molecule has 1 aromatic rings. The minimum absolute atomic E-state index is 0.209. The summed E-state index contributed by atoms with van der Waals surface area (Å²) in [5.74, 6) is -1.32. The molecule has 2 N–H and O–H groups in total. The van der Waals surface area contributed by atoms with Crippen molar-refractivity contribution in [3.05, 3.63) is 18.0 Å². The number of hydrogen-bond donors (Lipinski definition) is 2. The molecule has 76 valence electrons. The van der Waals surface area contributed by atoms with Crippen molar-refractivity contribution in [2.45, 2.75) is 13.0 Å². The minimum atomic E-state index is -0.989. The lowest BCUT2D eigenvalue weighted by atomic mass is 10.3. The van der Waals surface area contributed by atoms with E-state index < -0.39 is 12.0 Å². The SMILES string of the molecule is CNC(=O)c1ccn([C@H](C)C(=O)O)n1. The summed E-state index contributed by atoms with van der Waals surface area (Å²) in [6.45, 7) is 1.49. The van der Waals surface area contributed by atoms with Gasteiger partial charge in [-0.2, -0.15) is 5.10 Å². The van der Waals surface area contributed by atoms with Gasteiger partial charge in [0, 0.05) is 13.2 Å². The highest BCUT2D eigenvalue weighted by atomic mass is 16.4. The number of carboxylic acids is 1. The zero-order valence-corrected chi connectivity index (χ0v) is 7.89. The van der Waals surface area contributed by atoms with E-state index in [4.69, 9.17) is 5.11 Å². The molecule has 0 aliphatic heterocycles. The van der Waals surface area contributed by atoms with Gasteiger partial charge >= 0.3 is 5.97 Å². The Morgan fingerprint density at radius 3 is 2.79 bits per heavy atom. The monoisotopic (exact) mass is 197 g/mol. The quantitative estimate of drug-likeness (QED) is 0.708. The van der Waals surface area contributed by atoms with Crippen molar-refractivity contribution >= 4 is 11.9 Å². The Kier molecular flexibility index (Phi) is 2.85. The molecule has 0 unspecified atom stereocenters. The van der Waals surface area contributed by atoms with Crippen molar-refractivity contribution in [2.75, 3.05) is 7.05 Å². The van der Waals surface area contributed by atoms with E-state index in [1.165, 1.54) is 30.9 Å². The molecule has 6 nitrogen and oxygen atoms in total. The van der Waals surface area contributed by atoms with Gasteiger partial charge in [-0.1, -0.05) is 0 Å². The molecule has 1 amide bonds. The molecule has 0 saturated carbocycles. The first-order valence-corrected chi connectivity index (χ1v) is 4.06. The van der Waals surface area contributed by atoms with E-state index in [0.717, 1.165) is 0 Å². The highest BCUT2D eigenvalue weighted by Gasteiger charge is 2.15. The smallest absolute Gasteiger partial charge is 0.328 e. The van der Waals surface area contributed by atoms with E-state index in [0.29, 0.717) is 0 Å². The second-order valence-electron chi connectivity index (χ2n) is 2.77. The topological polar surface area (TPSA) is 84.2 Å². The molecule has 0 fully saturated rings. The van der Waals surface area contributed by atoms with Crippen LogP contribution >= 0.6 is 0 Å². The molecule has 0 aliphatic rings. The number of amides is 1. The van der Waals surface area contributed by atoms with Gasteiger partial charge in [-0.3, -0.25) is 9.48 Å². The van der Waals surface area contributed by atoms with E-state index in [1.807, 2.05) is 0 Å². The maximum atomic E-state index is 11.1. The number of aliphatic carboxylic acids is 1. The maximum Gasteiger partial charge on any atom is 0.328 e. The van der Waals surface area contributed by atoms with Gasteiger partial charge in [-0.25, -0.2) is 4.79 Å². The molecule has 0 bridgehead atoms. The van der Waals surface area contributed by atoms with Gasteiger partial charge in [0.05, 0.1) is 0 Å². The molecule has 1 heterocycles. The van der Waals surface area contributed by atoms with Crippen molar-refractivity contribution in [1.29, 1.82) is 0 Å². The third-order valence-corrected chi connectivity index (χ3v) is 1.82. The van der Waals surface area contributed by atoms with Crippen molar-refractivity contribution < 1.29 is 14.7 Å². The fourth-order valence-electron chi connectivity index (χ4n) is 0.916. The molecule has 0 spiro atoms. The van der Waals surface area contributed by atoms with Crippen molar-refractivity contribution in [3.63, 3.8) is 0 Å². The second-order valence-corrected chi connectivity index (χ2v) is 2.77. The lowest BCUT2D eigenvalue weighted by molar-refractivity contribution is -0.140. The van der Waals surface area contributed by atoms with Gasteiger partial charge in [-0.05, 0) is 13.0 Å². The van der Waals surface area contributed by atoms with Crippen LogP contribution in [0.3, 0.4) is 0 Å². The molecule has 0 aliphatic carbocycles. The zero-order valence-electron chi connectivity index (χ0n) is 7.89. The Hall–Kier alpha value is -1.85. The lowest BCUT2D eigenvalue weighted by Crippen LogP contribution is -2.20. The van der Waals surface area contributed by atoms with Gasteiger partial charge in [0.15, 0.2) is 0 Å². The first-order valence-electron chi connectivity index (χ1n) is 4.06. The molecule has 14 heavy (non-hydrogen) atoms. The molecule has 6 heteroatoms. The Morgan fingerprint density at radius 1 is 1.64 bits per heavy atom. The summed E-state index contributed by atoms with van der Waals surface area (Å²) in [6, 6.07) is 0.701.